The number of anilines is 1. The van der Waals surface area contributed by atoms with Gasteiger partial charge in [0.05, 0.1) is 12.1 Å². The fraction of sp³-hybridized carbons (Fsp3) is 0.200. The minimum atomic E-state index is -4.80. The van der Waals surface area contributed by atoms with Gasteiger partial charge in [0.2, 0.25) is 5.91 Å². The van der Waals surface area contributed by atoms with Crippen LogP contribution in [0.25, 0.3) is 0 Å². The largest absolute Gasteiger partial charge is 0.491 e. The number of ketones is 1. The Bertz CT molecular complexity index is 467. The number of benzene rings is 1. The molecule has 0 aliphatic carbocycles. The van der Waals surface area contributed by atoms with Crippen molar-refractivity contribution in [2.24, 2.45) is 0 Å². The van der Waals surface area contributed by atoms with E-state index in [9.17, 15) is 22.8 Å². The molecule has 1 aliphatic rings. The first-order valence-electron chi connectivity index (χ1n) is 4.43. The van der Waals surface area contributed by atoms with E-state index in [0.717, 1.165) is 6.07 Å². The maximum Gasteiger partial charge on any atom is 0.491 e. The number of rotatable bonds is 0. The number of fused-ring (bicyclic) bond motifs is 1. The van der Waals surface area contributed by atoms with Crippen LogP contribution in [0.2, 0.25) is 0 Å². The van der Waals surface area contributed by atoms with Gasteiger partial charge in [-0.3, -0.25) is 9.59 Å². The van der Waals surface area contributed by atoms with E-state index in [0.29, 0.717) is 0 Å². The van der Waals surface area contributed by atoms with Crippen LogP contribution in [0.4, 0.5) is 18.9 Å². The lowest BCUT2D eigenvalue weighted by Gasteiger charge is -2.29. The van der Waals surface area contributed by atoms with Crippen molar-refractivity contribution in [1.82, 2.24) is 0 Å². The van der Waals surface area contributed by atoms with Crippen molar-refractivity contribution in [3.8, 4) is 0 Å². The lowest BCUT2D eigenvalue weighted by molar-refractivity contribution is -0.149. The summed E-state index contributed by atoms with van der Waals surface area (Å²) < 4.78 is 37.8. The van der Waals surface area contributed by atoms with Crippen LogP contribution >= 0.6 is 0 Å². The van der Waals surface area contributed by atoms with E-state index in [4.69, 9.17) is 0 Å². The van der Waals surface area contributed by atoms with Crippen LogP contribution in [-0.2, 0) is 4.79 Å². The summed E-state index contributed by atoms with van der Waals surface area (Å²) in [4.78, 5) is 22.3. The van der Waals surface area contributed by atoms with E-state index < -0.39 is 30.1 Å². The van der Waals surface area contributed by atoms with Crippen LogP contribution in [-0.4, -0.2) is 18.0 Å². The Kier molecular flexibility index (Phi) is 2.22. The molecule has 1 aromatic carbocycles. The van der Waals surface area contributed by atoms with Gasteiger partial charge in [-0.15, -0.1) is 13.2 Å². The van der Waals surface area contributed by atoms with Gasteiger partial charge in [0.1, 0.15) is 0 Å². The second-order valence-electron chi connectivity index (χ2n) is 3.31. The van der Waals surface area contributed by atoms with Gasteiger partial charge in [-0.25, -0.2) is 4.90 Å². The number of carbonyl (C=O) groups is 2. The average Bonchev–Trinajstić information content (AvgIpc) is 2.15. The lowest BCUT2D eigenvalue weighted by atomic mass is 10.0. The van der Waals surface area contributed by atoms with E-state index in [1.807, 2.05) is 0 Å². The van der Waals surface area contributed by atoms with Crippen LogP contribution in [0.15, 0.2) is 24.3 Å². The molecule has 6 heteroatoms. The molecule has 0 fully saturated rings. The third kappa shape index (κ3) is 1.56. The van der Waals surface area contributed by atoms with Crippen LogP contribution in [0.3, 0.4) is 0 Å². The summed E-state index contributed by atoms with van der Waals surface area (Å²) in [6.07, 6.45) is -5.54. The van der Waals surface area contributed by atoms with Gasteiger partial charge in [-0.05, 0) is 12.1 Å². The van der Waals surface area contributed by atoms with Crippen LogP contribution in [0.5, 0.6) is 0 Å². The van der Waals surface area contributed by atoms with Crippen molar-refractivity contribution >= 4 is 17.4 Å². The molecule has 1 heterocycles. The zero-order valence-electron chi connectivity index (χ0n) is 7.91. The molecule has 0 aromatic heterocycles. The zero-order valence-corrected chi connectivity index (χ0v) is 7.91. The summed E-state index contributed by atoms with van der Waals surface area (Å²) >= 11 is 0. The zero-order chi connectivity index (χ0) is 11.9. The first-order chi connectivity index (χ1) is 7.41. The first kappa shape index (κ1) is 10.7. The number of amides is 1. The highest BCUT2D eigenvalue weighted by atomic mass is 19.4. The van der Waals surface area contributed by atoms with E-state index in [1.54, 1.807) is 0 Å². The fourth-order valence-corrected chi connectivity index (χ4v) is 1.63. The molecule has 1 aromatic rings. The van der Waals surface area contributed by atoms with Crippen molar-refractivity contribution in [2.75, 3.05) is 4.90 Å². The van der Waals surface area contributed by atoms with E-state index in [-0.39, 0.29) is 10.5 Å². The molecule has 0 bridgehead atoms. The Morgan fingerprint density at radius 2 is 1.75 bits per heavy atom. The summed E-state index contributed by atoms with van der Waals surface area (Å²) in [7, 11) is 0. The van der Waals surface area contributed by atoms with Crippen molar-refractivity contribution < 1.29 is 22.8 Å². The van der Waals surface area contributed by atoms with Gasteiger partial charge in [0.25, 0.3) is 0 Å². The summed E-state index contributed by atoms with van der Waals surface area (Å²) in [6.45, 7) is 0. The SMILES string of the molecule is O=C1CC(=O)N(C(F)(F)F)c2ccccc21. The number of hydrogen-bond acceptors (Lipinski definition) is 2. The van der Waals surface area contributed by atoms with E-state index >= 15 is 0 Å². The highest BCUT2D eigenvalue weighted by Gasteiger charge is 2.46. The number of halogens is 3. The predicted molar refractivity (Wildman–Crippen MR) is 48.9 cm³/mol. The Hall–Kier alpha value is -1.85. The Morgan fingerprint density at radius 1 is 1.12 bits per heavy atom. The topological polar surface area (TPSA) is 37.4 Å². The molecule has 0 saturated carbocycles. The third-order valence-corrected chi connectivity index (χ3v) is 2.26. The minimum Gasteiger partial charge on any atom is -0.294 e. The molecule has 0 unspecified atom stereocenters. The van der Waals surface area contributed by atoms with Gasteiger partial charge < -0.3 is 0 Å². The number of para-hydroxylation sites is 1. The average molecular weight is 229 g/mol. The van der Waals surface area contributed by atoms with Gasteiger partial charge >= 0.3 is 6.30 Å². The van der Waals surface area contributed by atoms with E-state index in [2.05, 4.69) is 0 Å². The molecule has 1 aliphatic heterocycles. The highest BCUT2D eigenvalue weighted by molar-refractivity contribution is 6.19. The normalized spacial score (nSPS) is 16.3. The molecule has 0 N–H and O–H groups in total. The highest BCUT2D eigenvalue weighted by Crippen LogP contribution is 2.35. The van der Waals surface area contributed by atoms with Gasteiger partial charge in [0, 0.05) is 5.56 Å². The third-order valence-electron chi connectivity index (χ3n) is 2.26. The molecule has 1 amide bonds. The minimum absolute atomic E-state index is 0.0700. The predicted octanol–water partition coefficient (Wildman–Crippen LogP) is 2.13. The van der Waals surface area contributed by atoms with Crippen molar-refractivity contribution in [2.45, 2.75) is 12.7 Å². The number of Topliss-reactive ketones (excluding diaryl/α,β-unsaturated/α-hetero) is 1. The Balaban J connectivity index is 2.60. The molecular formula is C10H6F3NO2. The smallest absolute Gasteiger partial charge is 0.294 e. The quantitative estimate of drug-likeness (QED) is 0.504. The number of carbonyl (C=O) groups excluding carboxylic acids is 2. The van der Waals surface area contributed by atoms with Gasteiger partial charge in [0.15, 0.2) is 5.78 Å². The number of hydrogen-bond donors (Lipinski definition) is 0. The van der Waals surface area contributed by atoms with Crippen LogP contribution in [0.1, 0.15) is 16.8 Å². The maximum absolute atomic E-state index is 12.6. The summed E-state index contributed by atoms with van der Waals surface area (Å²) in [5.74, 6) is -1.82. The standard InChI is InChI=1S/C10H6F3NO2/c11-10(12,13)14-7-4-2-1-3-6(7)8(15)5-9(14)16/h1-4H,5H2. The van der Waals surface area contributed by atoms with Gasteiger partial charge in [-0.1, -0.05) is 12.1 Å². The summed E-state index contributed by atoms with van der Waals surface area (Å²) in [5.41, 5.74) is -0.462. The monoisotopic (exact) mass is 229 g/mol. The summed E-state index contributed by atoms with van der Waals surface area (Å²) in [5, 5.41) is 0. The Morgan fingerprint density at radius 3 is 2.38 bits per heavy atom. The second-order valence-corrected chi connectivity index (χ2v) is 3.31. The lowest BCUT2D eigenvalue weighted by Crippen LogP contribution is -2.47. The fourth-order valence-electron chi connectivity index (χ4n) is 1.63. The second kappa shape index (κ2) is 3.33. The molecule has 0 saturated heterocycles. The molecule has 0 radical (unpaired) electrons. The molecule has 0 spiro atoms. The molecular weight excluding hydrogens is 223 g/mol. The Labute approximate surface area is 88.5 Å². The number of alkyl halides is 3. The van der Waals surface area contributed by atoms with Crippen molar-refractivity contribution in [3.05, 3.63) is 29.8 Å². The first-order valence-corrected chi connectivity index (χ1v) is 4.43. The maximum atomic E-state index is 12.6. The molecule has 2 rings (SSSR count). The van der Waals surface area contributed by atoms with E-state index in [1.165, 1.54) is 18.2 Å². The summed E-state index contributed by atoms with van der Waals surface area (Å²) in [6, 6.07) is 5.20. The van der Waals surface area contributed by atoms with Crippen LogP contribution < -0.4 is 4.90 Å². The molecule has 0 atom stereocenters. The number of nitrogens with zero attached hydrogens (tertiary/aromatic N) is 1. The molecule has 16 heavy (non-hydrogen) atoms. The van der Waals surface area contributed by atoms with Gasteiger partial charge in [-0.2, -0.15) is 0 Å². The van der Waals surface area contributed by atoms with Crippen molar-refractivity contribution in [3.63, 3.8) is 0 Å². The van der Waals surface area contributed by atoms with Crippen molar-refractivity contribution in [1.29, 1.82) is 0 Å². The molecule has 3 nitrogen and oxygen atoms in total. The van der Waals surface area contributed by atoms with Crippen LogP contribution in [0, 0.1) is 0 Å². The molecule has 84 valence electrons.